The molecule has 0 atom stereocenters. The zero-order valence-corrected chi connectivity index (χ0v) is 15.3. The second-order valence-corrected chi connectivity index (χ2v) is 6.10. The van der Waals surface area contributed by atoms with Gasteiger partial charge in [0.05, 0.1) is 12.8 Å². The van der Waals surface area contributed by atoms with Gasteiger partial charge in [-0.25, -0.2) is 4.39 Å². The highest BCUT2D eigenvalue weighted by Gasteiger charge is 2.13. The van der Waals surface area contributed by atoms with E-state index in [4.69, 9.17) is 16.3 Å². The van der Waals surface area contributed by atoms with E-state index in [1.54, 1.807) is 30.3 Å². The summed E-state index contributed by atoms with van der Waals surface area (Å²) < 4.78 is 18.5. The summed E-state index contributed by atoms with van der Waals surface area (Å²) in [5, 5.41) is 14.0. The molecular formula is C19H16ClFN4O2. The van der Waals surface area contributed by atoms with Crippen LogP contribution in [-0.4, -0.2) is 23.2 Å². The van der Waals surface area contributed by atoms with E-state index >= 15 is 0 Å². The molecule has 0 fully saturated rings. The third-order valence-electron chi connectivity index (χ3n) is 3.72. The molecule has 8 heteroatoms. The minimum Gasteiger partial charge on any atom is -0.495 e. The van der Waals surface area contributed by atoms with Crippen LogP contribution in [0.3, 0.4) is 0 Å². The number of rotatable bonds is 5. The number of nitrogens with zero attached hydrogens (tertiary/aromatic N) is 2. The molecule has 6 nitrogen and oxygen atoms in total. The highest BCUT2D eigenvalue weighted by atomic mass is 35.5. The third kappa shape index (κ3) is 4.51. The summed E-state index contributed by atoms with van der Waals surface area (Å²) >= 11 is 6.07. The van der Waals surface area contributed by atoms with Crippen LogP contribution in [0.5, 0.6) is 5.75 Å². The van der Waals surface area contributed by atoms with Crippen LogP contribution in [0.25, 0.3) is 0 Å². The molecule has 1 heterocycles. The van der Waals surface area contributed by atoms with Crippen molar-refractivity contribution in [2.75, 3.05) is 17.7 Å². The van der Waals surface area contributed by atoms with E-state index in [2.05, 4.69) is 20.8 Å². The molecule has 1 amide bonds. The molecular weight excluding hydrogens is 371 g/mol. The fourth-order valence-corrected chi connectivity index (χ4v) is 2.50. The van der Waals surface area contributed by atoms with Crippen molar-refractivity contribution in [1.29, 1.82) is 0 Å². The Bertz CT molecular complexity index is 980. The number of carbonyl (C=O) groups excluding carboxylic acids is 1. The molecule has 138 valence electrons. The van der Waals surface area contributed by atoms with Gasteiger partial charge in [0.15, 0.2) is 11.5 Å². The van der Waals surface area contributed by atoms with Gasteiger partial charge in [0.2, 0.25) is 0 Å². The lowest BCUT2D eigenvalue weighted by molar-refractivity contribution is 0.102. The number of carbonyl (C=O) groups is 1. The van der Waals surface area contributed by atoms with Gasteiger partial charge < -0.3 is 15.4 Å². The van der Waals surface area contributed by atoms with E-state index in [1.807, 2.05) is 6.92 Å². The van der Waals surface area contributed by atoms with Crippen LogP contribution in [-0.2, 0) is 0 Å². The van der Waals surface area contributed by atoms with Gasteiger partial charge in [0.1, 0.15) is 11.6 Å². The Hall–Kier alpha value is -3.19. The van der Waals surface area contributed by atoms with E-state index in [-0.39, 0.29) is 11.5 Å². The Labute approximate surface area is 160 Å². The fourth-order valence-electron chi connectivity index (χ4n) is 2.35. The molecule has 3 aromatic rings. The van der Waals surface area contributed by atoms with E-state index in [0.717, 1.165) is 5.56 Å². The first-order valence-corrected chi connectivity index (χ1v) is 8.36. The van der Waals surface area contributed by atoms with Crippen LogP contribution < -0.4 is 15.4 Å². The van der Waals surface area contributed by atoms with E-state index < -0.39 is 5.91 Å². The minimum absolute atomic E-state index is 0.120. The van der Waals surface area contributed by atoms with E-state index in [9.17, 15) is 9.18 Å². The topological polar surface area (TPSA) is 76.1 Å². The minimum atomic E-state index is -0.445. The Balaban J connectivity index is 1.73. The first-order chi connectivity index (χ1) is 13.0. The van der Waals surface area contributed by atoms with E-state index in [1.165, 1.54) is 25.3 Å². The average Bonchev–Trinajstić information content (AvgIpc) is 2.65. The quantitative estimate of drug-likeness (QED) is 0.671. The van der Waals surface area contributed by atoms with E-state index in [0.29, 0.717) is 28.0 Å². The highest BCUT2D eigenvalue weighted by Crippen LogP contribution is 2.31. The number of methoxy groups -OCH3 is 1. The van der Waals surface area contributed by atoms with Crippen LogP contribution >= 0.6 is 11.6 Å². The maximum atomic E-state index is 13.2. The molecule has 0 saturated heterocycles. The first-order valence-electron chi connectivity index (χ1n) is 7.98. The Morgan fingerprint density at radius 2 is 1.96 bits per heavy atom. The molecule has 0 aliphatic rings. The van der Waals surface area contributed by atoms with Gasteiger partial charge in [-0.2, -0.15) is 0 Å². The van der Waals surface area contributed by atoms with Crippen LogP contribution in [0.4, 0.5) is 21.6 Å². The summed E-state index contributed by atoms with van der Waals surface area (Å²) in [5.41, 5.74) is 1.93. The number of hydrogen-bond acceptors (Lipinski definition) is 5. The number of aromatic nitrogens is 2. The van der Waals surface area contributed by atoms with Gasteiger partial charge in [-0.1, -0.05) is 17.7 Å². The number of ether oxygens (including phenoxy) is 1. The molecule has 2 N–H and O–H groups in total. The normalized spacial score (nSPS) is 10.4. The monoisotopic (exact) mass is 386 g/mol. The summed E-state index contributed by atoms with van der Waals surface area (Å²) in [4.78, 5) is 12.4. The maximum absolute atomic E-state index is 13.2. The number of halogens is 2. The van der Waals surface area contributed by atoms with Gasteiger partial charge in [0.25, 0.3) is 5.91 Å². The number of nitrogens with one attached hydrogen (secondary N) is 2. The Morgan fingerprint density at radius 3 is 2.63 bits per heavy atom. The van der Waals surface area contributed by atoms with Gasteiger partial charge >= 0.3 is 0 Å². The SMILES string of the molecule is COc1cc(Cl)c(C)cc1NC(=O)c1ccc(Nc2cccc(F)c2)nn1. The van der Waals surface area contributed by atoms with Crippen molar-refractivity contribution >= 4 is 34.7 Å². The standard InChI is InChI=1S/C19H16ClFN4O2/c1-11-8-16(17(27-2)10-14(11)20)23-19(26)15-6-7-18(25-24-15)22-13-5-3-4-12(21)9-13/h3-10H,1-2H3,(H,22,25)(H,23,26). The largest absolute Gasteiger partial charge is 0.495 e. The molecule has 1 aromatic heterocycles. The summed E-state index contributed by atoms with van der Waals surface area (Å²) in [6.45, 7) is 1.82. The van der Waals surface area contributed by atoms with Crippen molar-refractivity contribution in [3.05, 3.63) is 70.6 Å². The molecule has 0 bridgehead atoms. The second kappa shape index (κ2) is 8.01. The molecule has 0 aliphatic heterocycles. The second-order valence-electron chi connectivity index (χ2n) is 5.69. The zero-order valence-electron chi connectivity index (χ0n) is 14.6. The Morgan fingerprint density at radius 1 is 1.15 bits per heavy atom. The molecule has 0 unspecified atom stereocenters. The first kappa shape index (κ1) is 18.6. The molecule has 0 aliphatic carbocycles. The average molecular weight is 387 g/mol. The molecule has 2 aromatic carbocycles. The molecule has 0 saturated carbocycles. The van der Waals surface area contributed by atoms with Gasteiger partial charge in [0, 0.05) is 16.8 Å². The summed E-state index contributed by atoms with van der Waals surface area (Å²) in [6.07, 6.45) is 0. The van der Waals surface area contributed by atoms with Crippen molar-refractivity contribution in [2.24, 2.45) is 0 Å². The molecule has 27 heavy (non-hydrogen) atoms. The van der Waals surface area contributed by atoms with Gasteiger partial charge in [-0.05, 0) is 48.9 Å². The van der Waals surface area contributed by atoms with Crippen LogP contribution in [0.2, 0.25) is 5.02 Å². The lowest BCUT2D eigenvalue weighted by atomic mass is 10.2. The lowest BCUT2D eigenvalue weighted by Gasteiger charge is -2.12. The number of hydrogen-bond donors (Lipinski definition) is 2. The molecule has 0 spiro atoms. The van der Waals surface area contributed by atoms with Crippen molar-refractivity contribution in [2.45, 2.75) is 6.92 Å². The summed E-state index contributed by atoms with van der Waals surface area (Å²) in [6, 6.07) is 12.4. The smallest absolute Gasteiger partial charge is 0.276 e. The summed E-state index contributed by atoms with van der Waals surface area (Å²) in [5.74, 6) is 0.0179. The fraction of sp³-hybridized carbons (Fsp3) is 0.105. The number of aryl methyl sites for hydroxylation is 1. The lowest BCUT2D eigenvalue weighted by Crippen LogP contribution is -2.15. The van der Waals surface area contributed by atoms with Crippen LogP contribution in [0, 0.1) is 12.7 Å². The van der Waals surface area contributed by atoms with Crippen LogP contribution in [0.15, 0.2) is 48.5 Å². The molecule has 3 rings (SSSR count). The number of benzene rings is 2. The Kier molecular flexibility index (Phi) is 5.52. The zero-order chi connectivity index (χ0) is 19.4. The van der Waals surface area contributed by atoms with Crippen molar-refractivity contribution < 1.29 is 13.9 Å². The van der Waals surface area contributed by atoms with Gasteiger partial charge in [-0.15, -0.1) is 10.2 Å². The number of amides is 1. The predicted octanol–water partition coefficient (Wildman–Crippen LogP) is 4.58. The maximum Gasteiger partial charge on any atom is 0.276 e. The summed E-state index contributed by atoms with van der Waals surface area (Å²) in [7, 11) is 1.49. The van der Waals surface area contributed by atoms with Crippen molar-refractivity contribution in [3.63, 3.8) is 0 Å². The van der Waals surface area contributed by atoms with Crippen molar-refractivity contribution in [3.8, 4) is 5.75 Å². The number of anilines is 3. The van der Waals surface area contributed by atoms with Crippen molar-refractivity contribution in [1.82, 2.24) is 10.2 Å². The predicted molar refractivity (Wildman–Crippen MR) is 102 cm³/mol. The highest BCUT2D eigenvalue weighted by molar-refractivity contribution is 6.31. The molecule has 0 radical (unpaired) electrons. The van der Waals surface area contributed by atoms with Gasteiger partial charge in [-0.3, -0.25) is 4.79 Å². The van der Waals surface area contributed by atoms with Crippen LogP contribution in [0.1, 0.15) is 16.1 Å². The third-order valence-corrected chi connectivity index (χ3v) is 4.13.